The molecule has 1 aliphatic rings. The molecular formula is C21H25ClFN3O3. The molecule has 1 unspecified atom stereocenters. The number of rotatable bonds is 7. The van der Waals surface area contributed by atoms with Gasteiger partial charge in [0.1, 0.15) is 18.2 Å². The Bertz CT molecular complexity index is 826. The number of piperidine rings is 1. The third-order valence-corrected chi connectivity index (χ3v) is 5.34. The van der Waals surface area contributed by atoms with Gasteiger partial charge in [-0.3, -0.25) is 4.90 Å². The van der Waals surface area contributed by atoms with E-state index in [2.05, 4.69) is 10.2 Å². The van der Waals surface area contributed by atoms with E-state index in [0.29, 0.717) is 16.5 Å². The summed E-state index contributed by atoms with van der Waals surface area (Å²) < 4.78 is 18.7. The molecule has 1 fully saturated rings. The predicted molar refractivity (Wildman–Crippen MR) is 111 cm³/mol. The molecule has 1 saturated heterocycles. The molecule has 29 heavy (non-hydrogen) atoms. The first-order chi connectivity index (χ1) is 13.9. The Morgan fingerprint density at radius 2 is 1.97 bits per heavy atom. The van der Waals surface area contributed by atoms with Crippen molar-refractivity contribution in [2.45, 2.75) is 25.5 Å². The number of aliphatic hydroxyl groups excluding tert-OH is 1. The number of benzene rings is 2. The Labute approximate surface area is 174 Å². The zero-order chi connectivity index (χ0) is 20.8. The number of anilines is 1. The second-order valence-corrected chi connectivity index (χ2v) is 7.68. The van der Waals surface area contributed by atoms with Crippen LogP contribution in [-0.2, 0) is 6.54 Å². The largest absolute Gasteiger partial charge is 0.489 e. The number of carbonyl (C=O) groups is 1. The van der Waals surface area contributed by atoms with E-state index in [9.17, 15) is 14.3 Å². The number of amides is 2. The third kappa shape index (κ3) is 6.32. The molecule has 3 rings (SSSR count). The molecule has 0 radical (unpaired) electrons. The van der Waals surface area contributed by atoms with Gasteiger partial charge in [-0.05, 0) is 67.7 Å². The van der Waals surface area contributed by atoms with Gasteiger partial charge in [-0.15, -0.1) is 0 Å². The van der Waals surface area contributed by atoms with Crippen molar-refractivity contribution in [2.75, 3.05) is 25.0 Å². The molecule has 2 amide bonds. The van der Waals surface area contributed by atoms with E-state index < -0.39 is 12.1 Å². The van der Waals surface area contributed by atoms with Gasteiger partial charge < -0.3 is 20.9 Å². The van der Waals surface area contributed by atoms with Crippen LogP contribution in [0.15, 0.2) is 42.5 Å². The number of halogens is 2. The van der Waals surface area contributed by atoms with Crippen LogP contribution in [0.1, 0.15) is 18.4 Å². The van der Waals surface area contributed by atoms with Crippen LogP contribution in [0.4, 0.5) is 14.9 Å². The van der Waals surface area contributed by atoms with E-state index in [4.69, 9.17) is 22.1 Å². The minimum Gasteiger partial charge on any atom is -0.489 e. The Hall–Kier alpha value is -2.35. The van der Waals surface area contributed by atoms with Gasteiger partial charge in [-0.2, -0.15) is 0 Å². The summed E-state index contributed by atoms with van der Waals surface area (Å²) in [6, 6.07) is 10.6. The lowest BCUT2D eigenvalue weighted by atomic mass is 9.91. The van der Waals surface area contributed by atoms with Crippen LogP contribution in [0.25, 0.3) is 0 Å². The van der Waals surface area contributed by atoms with Crippen molar-refractivity contribution in [1.29, 1.82) is 0 Å². The molecule has 156 valence electrons. The molecule has 1 atom stereocenters. The Morgan fingerprint density at radius 3 is 2.62 bits per heavy atom. The third-order valence-electron chi connectivity index (χ3n) is 5.10. The zero-order valence-electron chi connectivity index (χ0n) is 16.0. The first kappa shape index (κ1) is 21.4. The quantitative estimate of drug-likeness (QED) is 0.637. The highest BCUT2D eigenvalue weighted by atomic mass is 35.5. The topological polar surface area (TPSA) is 87.8 Å². The number of hydrogen-bond acceptors (Lipinski definition) is 4. The number of hydrogen-bond donors (Lipinski definition) is 3. The van der Waals surface area contributed by atoms with Gasteiger partial charge in [-0.1, -0.05) is 23.7 Å². The molecule has 0 spiro atoms. The molecule has 2 aromatic rings. The van der Waals surface area contributed by atoms with E-state index in [1.54, 1.807) is 30.3 Å². The summed E-state index contributed by atoms with van der Waals surface area (Å²) in [5.74, 6) is 0.297. The van der Waals surface area contributed by atoms with Crippen LogP contribution >= 0.6 is 11.6 Å². The highest BCUT2D eigenvalue weighted by molar-refractivity contribution is 6.31. The number of likely N-dealkylation sites (tertiary alicyclic amines) is 1. The van der Waals surface area contributed by atoms with Crippen LogP contribution in [0.2, 0.25) is 5.02 Å². The molecule has 4 N–H and O–H groups in total. The van der Waals surface area contributed by atoms with Crippen molar-refractivity contribution in [3.05, 3.63) is 58.9 Å². The van der Waals surface area contributed by atoms with Crippen LogP contribution in [0.3, 0.4) is 0 Å². The predicted octanol–water partition coefficient (Wildman–Crippen LogP) is 3.62. The van der Waals surface area contributed by atoms with E-state index in [1.807, 2.05) is 0 Å². The average molecular weight is 422 g/mol. The van der Waals surface area contributed by atoms with E-state index in [-0.39, 0.29) is 18.3 Å². The number of nitrogens with two attached hydrogens (primary N) is 1. The van der Waals surface area contributed by atoms with Gasteiger partial charge in [0.05, 0.1) is 11.8 Å². The maximum absolute atomic E-state index is 13.0. The molecule has 1 heterocycles. The first-order valence-corrected chi connectivity index (χ1v) is 9.92. The SMILES string of the molecule is NC(=O)Nc1cc(Cl)ccc1OCC(O)C1CCN(Cc2ccc(F)cc2)CC1. The highest BCUT2D eigenvalue weighted by Gasteiger charge is 2.26. The Kier molecular flexibility index (Phi) is 7.30. The number of nitrogens with zero attached hydrogens (tertiary/aromatic N) is 1. The van der Waals surface area contributed by atoms with Gasteiger partial charge in [0.15, 0.2) is 0 Å². The summed E-state index contributed by atoms with van der Waals surface area (Å²) in [7, 11) is 0. The summed E-state index contributed by atoms with van der Waals surface area (Å²) in [6.45, 7) is 2.59. The molecule has 6 nitrogen and oxygen atoms in total. The second kappa shape index (κ2) is 9.91. The van der Waals surface area contributed by atoms with Crippen molar-refractivity contribution >= 4 is 23.3 Å². The first-order valence-electron chi connectivity index (χ1n) is 9.54. The van der Waals surface area contributed by atoms with Gasteiger partial charge >= 0.3 is 6.03 Å². The van der Waals surface area contributed by atoms with Gasteiger partial charge in [0.25, 0.3) is 0 Å². The van der Waals surface area contributed by atoms with E-state index >= 15 is 0 Å². The van der Waals surface area contributed by atoms with Crippen LogP contribution in [0.5, 0.6) is 5.75 Å². The molecule has 0 aromatic heterocycles. The zero-order valence-corrected chi connectivity index (χ0v) is 16.7. The van der Waals surface area contributed by atoms with Crippen LogP contribution in [0, 0.1) is 11.7 Å². The smallest absolute Gasteiger partial charge is 0.316 e. The number of nitrogens with one attached hydrogen (secondary N) is 1. The lowest BCUT2D eigenvalue weighted by molar-refractivity contribution is 0.0247. The van der Waals surface area contributed by atoms with Crippen molar-refractivity contribution in [3.63, 3.8) is 0 Å². The fourth-order valence-corrected chi connectivity index (χ4v) is 3.69. The van der Waals surface area contributed by atoms with Gasteiger partial charge in [-0.25, -0.2) is 9.18 Å². The summed E-state index contributed by atoms with van der Waals surface area (Å²) >= 11 is 5.94. The average Bonchev–Trinajstić information content (AvgIpc) is 2.69. The van der Waals surface area contributed by atoms with Crippen molar-refractivity contribution in [2.24, 2.45) is 11.7 Å². The van der Waals surface area contributed by atoms with Gasteiger partial charge in [0, 0.05) is 11.6 Å². The maximum Gasteiger partial charge on any atom is 0.316 e. The number of aliphatic hydroxyl groups is 1. The molecule has 1 aliphatic heterocycles. The minimum absolute atomic E-state index is 0.109. The van der Waals surface area contributed by atoms with E-state index in [0.717, 1.165) is 38.0 Å². The van der Waals surface area contributed by atoms with Crippen LogP contribution < -0.4 is 15.8 Å². The lowest BCUT2D eigenvalue weighted by Crippen LogP contribution is -2.39. The standard InChI is InChI=1S/C21H25ClFN3O3/c22-16-3-6-20(18(11-16)25-21(24)28)29-13-19(27)15-7-9-26(10-8-15)12-14-1-4-17(23)5-2-14/h1-6,11,15,19,27H,7-10,12-13H2,(H3,24,25,28). The van der Waals surface area contributed by atoms with Crippen molar-refractivity contribution in [1.82, 2.24) is 4.90 Å². The summed E-state index contributed by atoms with van der Waals surface area (Å²) in [4.78, 5) is 13.4. The number of carbonyl (C=O) groups excluding carboxylic acids is 1. The number of urea groups is 1. The second-order valence-electron chi connectivity index (χ2n) is 7.25. The molecule has 0 bridgehead atoms. The Balaban J connectivity index is 1.48. The normalized spacial score (nSPS) is 16.4. The minimum atomic E-state index is -0.716. The maximum atomic E-state index is 13.0. The number of ether oxygens (including phenoxy) is 1. The molecule has 8 heteroatoms. The summed E-state index contributed by atoms with van der Waals surface area (Å²) in [5.41, 5.74) is 6.61. The summed E-state index contributed by atoms with van der Waals surface area (Å²) in [5, 5.41) is 13.5. The van der Waals surface area contributed by atoms with Crippen LogP contribution in [-0.4, -0.2) is 41.8 Å². The highest BCUT2D eigenvalue weighted by Crippen LogP contribution is 2.29. The van der Waals surface area contributed by atoms with Gasteiger partial charge in [0.2, 0.25) is 0 Å². The summed E-state index contributed by atoms with van der Waals surface area (Å²) in [6.07, 6.45) is 1.07. The molecule has 0 saturated carbocycles. The van der Waals surface area contributed by atoms with Crippen molar-refractivity contribution in [3.8, 4) is 5.75 Å². The fraction of sp³-hybridized carbons (Fsp3) is 0.381. The fourth-order valence-electron chi connectivity index (χ4n) is 3.51. The molecule has 0 aliphatic carbocycles. The van der Waals surface area contributed by atoms with Crippen molar-refractivity contribution < 1.29 is 19.0 Å². The monoisotopic (exact) mass is 421 g/mol. The van der Waals surface area contributed by atoms with E-state index in [1.165, 1.54) is 12.1 Å². The lowest BCUT2D eigenvalue weighted by Gasteiger charge is -2.34. The molecule has 2 aromatic carbocycles. The molecular weight excluding hydrogens is 397 g/mol. The number of primary amides is 1. The Morgan fingerprint density at radius 1 is 1.28 bits per heavy atom.